The van der Waals surface area contributed by atoms with Crippen LogP contribution in [0.5, 0.6) is 11.6 Å². The summed E-state index contributed by atoms with van der Waals surface area (Å²) in [6.45, 7) is 21.6. The quantitative estimate of drug-likeness (QED) is 0.0421. The van der Waals surface area contributed by atoms with Gasteiger partial charge in [-0.05, 0) is 57.7 Å². The van der Waals surface area contributed by atoms with Crippen LogP contribution < -0.4 is 9.47 Å². The van der Waals surface area contributed by atoms with Crippen molar-refractivity contribution >= 4 is 44.8 Å². The number of carbonyl (C=O) groups is 2. The number of aromatic nitrogens is 7. The van der Waals surface area contributed by atoms with E-state index in [-0.39, 0.29) is 31.8 Å². The van der Waals surface area contributed by atoms with Crippen molar-refractivity contribution < 1.29 is 37.7 Å². The van der Waals surface area contributed by atoms with Crippen molar-refractivity contribution in [1.82, 2.24) is 33.9 Å². The number of hydrogen-bond donors (Lipinski definition) is 0. The van der Waals surface area contributed by atoms with Crippen LogP contribution >= 0.6 is 0 Å². The van der Waals surface area contributed by atoms with Crippen molar-refractivity contribution in [2.24, 2.45) is 5.92 Å². The average Bonchev–Trinajstić information content (AvgIpc) is 3.92. The summed E-state index contributed by atoms with van der Waals surface area (Å²) in [5, 5.41) is 10.2. The van der Waals surface area contributed by atoms with Gasteiger partial charge in [0.1, 0.15) is 13.3 Å². The predicted octanol–water partition coefficient (Wildman–Crippen LogP) is 8.78. The van der Waals surface area contributed by atoms with Crippen LogP contribution in [0.25, 0.3) is 39.1 Å². The van der Waals surface area contributed by atoms with Crippen LogP contribution in [0.15, 0.2) is 36.9 Å². The smallest absolute Gasteiger partial charge is 0.341 e. The molecule has 0 saturated heterocycles. The Balaban J connectivity index is 1.46. The summed E-state index contributed by atoms with van der Waals surface area (Å²) in [7, 11) is -2.83. The lowest BCUT2D eigenvalue weighted by Gasteiger charge is -2.29. The van der Waals surface area contributed by atoms with Gasteiger partial charge in [-0.2, -0.15) is 14.7 Å². The topological polar surface area (TPSA) is 146 Å². The maximum atomic E-state index is 15.3. The first-order valence-electron chi connectivity index (χ1n) is 21.3. The molecule has 17 heteroatoms. The molecule has 60 heavy (non-hydrogen) atoms. The maximum Gasteiger partial charge on any atom is 0.341 e. The van der Waals surface area contributed by atoms with Gasteiger partial charge in [-0.1, -0.05) is 45.3 Å². The van der Waals surface area contributed by atoms with E-state index >= 15 is 4.39 Å². The summed E-state index contributed by atoms with van der Waals surface area (Å²) in [5.41, 5.74) is 5.41. The van der Waals surface area contributed by atoms with E-state index in [2.05, 4.69) is 44.4 Å². The lowest BCUT2D eigenvalue weighted by atomic mass is 9.78. The summed E-state index contributed by atoms with van der Waals surface area (Å²) in [5.74, 6) is -0.402. The number of rotatable bonds is 20. The fourth-order valence-electron chi connectivity index (χ4n) is 7.54. The highest BCUT2D eigenvalue weighted by atomic mass is 28.3. The summed E-state index contributed by atoms with van der Waals surface area (Å²) >= 11 is 0. The monoisotopic (exact) mass is 863 g/mol. The molecule has 1 saturated carbocycles. The second-order valence-electron chi connectivity index (χ2n) is 18.0. The Labute approximate surface area is 354 Å². The lowest BCUT2D eigenvalue weighted by molar-refractivity contribution is -0.151. The summed E-state index contributed by atoms with van der Waals surface area (Å²) in [4.78, 5) is 33.8. The second kappa shape index (κ2) is 19.4. The molecule has 0 spiro atoms. The van der Waals surface area contributed by atoms with E-state index in [1.165, 1.54) is 6.92 Å². The second-order valence-corrected chi connectivity index (χ2v) is 29.3. The molecular formula is C43H62FN7O7Si2. The predicted molar refractivity (Wildman–Crippen MR) is 235 cm³/mol. The normalized spacial score (nSPS) is 16.6. The number of carbonyl (C=O) groups excluding carboxylic acids is 2. The SMILES string of the molecule is CCOC(=O)C(F)C1CCC(c2nc3c(-c4ccc(-c5cnn(CCOC(C)=O)c5)nc4)cnn3c3c2c(OCC)c(OCC[Si](C)(C)C)n3COCC[Si](C)(C)C)CC1. The highest BCUT2D eigenvalue weighted by Gasteiger charge is 2.37. The zero-order valence-electron chi connectivity index (χ0n) is 36.8. The number of nitrogens with zero attached hydrogens (tertiary/aromatic N) is 7. The number of esters is 2. The fraction of sp³-hybridized carbons (Fsp3) is 0.581. The Bertz CT molecular complexity index is 2240. The number of pyridine rings is 1. The molecule has 1 fully saturated rings. The van der Waals surface area contributed by atoms with Gasteiger partial charge in [-0.25, -0.2) is 14.2 Å². The molecule has 0 aliphatic heterocycles. The minimum atomic E-state index is -1.66. The third-order valence-corrected chi connectivity index (χ3v) is 14.3. The summed E-state index contributed by atoms with van der Waals surface area (Å²) < 4.78 is 50.8. The first kappa shape index (κ1) is 44.9. The highest BCUT2D eigenvalue weighted by Crippen LogP contribution is 2.47. The highest BCUT2D eigenvalue weighted by molar-refractivity contribution is 6.76. The molecule has 0 amide bonds. The van der Waals surface area contributed by atoms with E-state index in [9.17, 15) is 9.59 Å². The van der Waals surface area contributed by atoms with Crippen molar-refractivity contribution in [2.45, 2.75) is 123 Å². The van der Waals surface area contributed by atoms with Gasteiger partial charge in [-0.15, -0.1) is 0 Å². The molecule has 14 nitrogen and oxygen atoms in total. The van der Waals surface area contributed by atoms with Crippen molar-refractivity contribution in [3.63, 3.8) is 0 Å². The first-order chi connectivity index (χ1) is 28.6. The Morgan fingerprint density at radius 1 is 0.867 bits per heavy atom. The van der Waals surface area contributed by atoms with E-state index in [1.807, 2.05) is 46.7 Å². The summed E-state index contributed by atoms with van der Waals surface area (Å²) in [6, 6.07) is 5.90. The molecule has 1 unspecified atom stereocenters. The van der Waals surface area contributed by atoms with E-state index in [0.29, 0.717) is 69.3 Å². The van der Waals surface area contributed by atoms with Gasteiger partial charge in [0.25, 0.3) is 0 Å². The number of halogens is 1. The Morgan fingerprint density at radius 3 is 2.25 bits per heavy atom. The zero-order chi connectivity index (χ0) is 43.2. The third kappa shape index (κ3) is 10.8. The van der Waals surface area contributed by atoms with Crippen molar-refractivity contribution in [1.29, 1.82) is 0 Å². The number of alkyl halides is 1. The summed E-state index contributed by atoms with van der Waals surface area (Å²) in [6.07, 6.45) is 7.87. The van der Waals surface area contributed by atoms with E-state index in [4.69, 9.17) is 38.8 Å². The van der Waals surface area contributed by atoms with Gasteiger partial charge < -0.3 is 23.7 Å². The Kier molecular flexibility index (Phi) is 14.5. The van der Waals surface area contributed by atoms with E-state index in [1.54, 1.807) is 17.8 Å². The molecule has 5 aromatic rings. The van der Waals surface area contributed by atoms with Gasteiger partial charge in [-0.3, -0.25) is 19.0 Å². The molecule has 6 rings (SSSR count). The molecule has 326 valence electrons. The van der Waals surface area contributed by atoms with Crippen molar-refractivity contribution in [3.05, 3.63) is 42.6 Å². The van der Waals surface area contributed by atoms with Crippen LogP contribution in [-0.4, -0.2) is 101 Å². The van der Waals surface area contributed by atoms with Crippen molar-refractivity contribution in [3.8, 4) is 34.0 Å². The number of hydrogen-bond acceptors (Lipinski definition) is 11. The molecule has 1 atom stereocenters. The van der Waals surface area contributed by atoms with Gasteiger partial charge in [0.2, 0.25) is 5.88 Å². The minimum absolute atomic E-state index is 0.0542. The third-order valence-electron chi connectivity index (χ3n) is 10.9. The largest absolute Gasteiger partial charge is 0.488 e. The molecule has 1 aliphatic carbocycles. The van der Waals surface area contributed by atoms with Crippen LogP contribution in [0.4, 0.5) is 4.39 Å². The Hall–Kier alpha value is -4.62. The van der Waals surface area contributed by atoms with Gasteiger partial charge in [0, 0.05) is 70.6 Å². The van der Waals surface area contributed by atoms with E-state index in [0.717, 1.165) is 51.2 Å². The van der Waals surface area contributed by atoms with Gasteiger partial charge in [0.15, 0.2) is 23.2 Å². The lowest BCUT2D eigenvalue weighted by Crippen LogP contribution is -2.30. The standard InChI is InChI=1S/C43H62FN7O7Si2/c1-10-55-39-36-38(31-14-12-30(13-15-31)37(44)43(53)56-11-2)48-40-34(32-16-17-35(45-24-32)33-25-46-49(27-33)18-19-57-29(3)52)26-47-51(40)41(36)50(28-54-20-22-59(4,5)6)42(39)58-21-23-60(7,8)9/h16-17,24-27,30-31,37H,10-15,18-23,28H2,1-9H3. The molecule has 5 aromatic heterocycles. The van der Waals surface area contributed by atoms with Crippen molar-refractivity contribution in [2.75, 3.05) is 33.0 Å². The Morgan fingerprint density at radius 2 is 1.60 bits per heavy atom. The molecule has 0 aromatic carbocycles. The van der Waals surface area contributed by atoms with Gasteiger partial charge >= 0.3 is 11.9 Å². The van der Waals surface area contributed by atoms with Crippen LogP contribution in [0.2, 0.25) is 51.4 Å². The number of fused-ring (bicyclic) bond motifs is 3. The van der Waals surface area contributed by atoms with Gasteiger partial charge in [0.05, 0.1) is 55.5 Å². The van der Waals surface area contributed by atoms with Crippen LogP contribution in [0.3, 0.4) is 0 Å². The minimum Gasteiger partial charge on any atom is -0.488 e. The maximum absolute atomic E-state index is 15.3. The molecular weight excluding hydrogens is 802 g/mol. The van der Waals surface area contributed by atoms with E-state index < -0.39 is 34.2 Å². The number of ether oxygens (including phenoxy) is 5. The van der Waals surface area contributed by atoms with Crippen LogP contribution in [0, 0.1) is 5.92 Å². The molecule has 0 N–H and O–H groups in total. The molecule has 0 radical (unpaired) electrons. The average molecular weight is 864 g/mol. The zero-order valence-corrected chi connectivity index (χ0v) is 38.8. The fourth-order valence-corrected chi connectivity index (χ4v) is 9.01. The van der Waals surface area contributed by atoms with Crippen LogP contribution in [-0.2, 0) is 37.1 Å². The molecule has 0 bridgehead atoms. The van der Waals surface area contributed by atoms with Crippen LogP contribution in [0.1, 0.15) is 58.1 Å². The molecule has 1 aliphatic rings. The first-order valence-corrected chi connectivity index (χ1v) is 28.7. The molecule has 5 heterocycles.